The Kier molecular flexibility index (Phi) is 4.79. The number of nitrogens with one attached hydrogen (secondary N) is 1. The molecule has 128 valence electrons. The van der Waals surface area contributed by atoms with Gasteiger partial charge in [0, 0.05) is 23.0 Å². The molecule has 1 aromatic carbocycles. The second-order valence-corrected chi connectivity index (χ2v) is 5.44. The fraction of sp³-hybridized carbons (Fsp3) is 0.211. The summed E-state index contributed by atoms with van der Waals surface area (Å²) in [6.07, 6.45) is 1.50. The van der Waals surface area contributed by atoms with E-state index in [1.807, 2.05) is 43.3 Å². The van der Waals surface area contributed by atoms with Crippen molar-refractivity contribution in [3.63, 3.8) is 0 Å². The number of benzene rings is 1. The summed E-state index contributed by atoms with van der Waals surface area (Å²) in [5, 5.41) is 4.05. The van der Waals surface area contributed by atoms with E-state index in [4.69, 9.17) is 9.47 Å². The van der Waals surface area contributed by atoms with Crippen LogP contribution in [-0.2, 0) is 4.74 Å². The zero-order valence-electron chi connectivity index (χ0n) is 14.4. The first kappa shape index (κ1) is 16.7. The summed E-state index contributed by atoms with van der Waals surface area (Å²) in [7, 11) is 1.62. The number of aromatic nitrogens is 2. The summed E-state index contributed by atoms with van der Waals surface area (Å²) in [5.41, 5.74) is 3.25. The highest BCUT2D eigenvalue weighted by Crippen LogP contribution is 2.29. The molecule has 0 amide bonds. The Balaban J connectivity index is 2.10. The van der Waals surface area contributed by atoms with E-state index in [1.165, 1.54) is 6.20 Å². The predicted octanol–water partition coefficient (Wildman–Crippen LogP) is 3.87. The molecule has 2 heterocycles. The smallest absolute Gasteiger partial charge is 0.341 e. The largest absolute Gasteiger partial charge is 0.497 e. The number of hydrogen-bond donors (Lipinski definition) is 1. The second-order valence-electron chi connectivity index (χ2n) is 5.44. The number of nitrogens with zero attached hydrogens (tertiary/aromatic N) is 2. The van der Waals surface area contributed by atoms with Gasteiger partial charge in [-0.25, -0.2) is 14.8 Å². The molecule has 0 bridgehead atoms. The van der Waals surface area contributed by atoms with Crippen LogP contribution in [0.25, 0.3) is 11.0 Å². The zero-order valence-corrected chi connectivity index (χ0v) is 14.4. The number of ether oxygens (including phenoxy) is 2. The van der Waals surface area contributed by atoms with Crippen LogP contribution in [0.3, 0.4) is 0 Å². The molecule has 1 N–H and O–H groups in total. The van der Waals surface area contributed by atoms with E-state index in [0.717, 1.165) is 22.5 Å². The molecule has 3 aromatic rings. The summed E-state index contributed by atoms with van der Waals surface area (Å²) >= 11 is 0. The molecule has 0 aliphatic carbocycles. The first-order valence-electron chi connectivity index (χ1n) is 7.97. The van der Waals surface area contributed by atoms with Crippen LogP contribution < -0.4 is 10.1 Å². The molecule has 6 heteroatoms. The van der Waals surface area contributed by atoms with Crippen LogP contribution in [-0.4, -0.2) is 29.7 Å². The SMILES string of the molecule is CCOC(=O)c1cnc2nc(C)ccc2c1Nc1ccc(OC)cc1. The molecule has 0 fully saturated rings. The first-order chi connectivity index (χ1) is 12.1. The van der Waals surface area contributed by atoms with E-state index in [-0.39, 0.29) is 0 Å². The molecule has 0 radical (unpaired) electrons. The van der Waals surface area contributed by atoms with Crippen LogP contribution in [0.5, 0.6) is 5.75 Å². The van der Waals surface area contributed by atoms with Crippen molar-refractivity contribution < 1.29 is 14.3 Å². The molecule has 3 rings (SSSR count). The van der Waals surface area contributed by atoms with Gasteiger partial charge in [-0.3, -0.25) is 0 Å². The van der Waals surface area contributed by atoms with Gasteiger partial charge in [-0.2, -0.15) is 0 Å². The Hall–Kier alpha value is -3.15. The number of fused-ring (bicyclic) bond motifs is 1. The summed E-state index contributed by atoms with van der Waals surface area (Å²) in [6.45, 7) is 3.97. The topological polar surface area (TPSA) is 73.3 Å². The van der Waals surface area contributed by atoms with E-state index < -0.39 is 5.97 Å². The minimum absolute atomic E-state index is 0.297. The van der Waals surface area contributed by atoms with Crippen LogP contribution in [0.2, 0.25) is 0 Å². The van der Waals surface area contributed by atoms with E-state index in [0.29, 0.717) is 23.5 Å². The average molecular weight is 337 g/mol. The summed E-state index contributed by atoms with van der Waals surface area (Å²) < 4.78 is 10.3. The fourth-order valence-electron chi connectivity index (χ4n) is 2.49. The summed E-state index contributed by atoms with van der Waals surface area (Å²) in [5.74, 6) is 0.335. The second kappa shape index (κ2) is 7.17. The van der Waals surface area contributed by atoms with E-state index in [9.17, 15) is 4.79 Å². The van der Waals surface area contributed by atoms with Gasteiger partial charge in [-0.1, -0.05) is 0 Å². The third-order valence-corrected chi connectivity index (χ3v) is 3.72. The Morgan fingerprint density at radius 3 is 2.60 bits per heavy atom. The molecule has 2 aromatic heterocycles. The van der Waals surface area contributed by atoms with Crippen LogP contribution in [0, 0.1) is 6.92 Å². The lowest BCUT2D eigenvalue weighted by atomic mass is 10.1. The van der Waals surface area contributed by atoms with Crippen LogP contribution in [0.15, 0.2) is 42.6 Å². The molecule has 0 saturated carbocycles. The number of rotatable bonds is 5. The van der Waals surface area contributed by atoms with E-state index in [1.54, 1.807) is 14.0 Å². The van der Waals surface area contributed by atoms with Crippen molar-refractivity contribution in [2.24, 2.45) is 0 Å². The molecule has 0 spiro atoms. The zero-order chi connectivity index (χ0) is 17.8. The van der Waals surface area contributed by atoms with Gasteiger partial charge in [-0.15, -0.1) is 0 Å². The molecular weight excluding hydrogens is 318 g/mol. The van der Waals surface area contributed by atoms with Crippen molar-refractivity contribution in [2.45, 2.75) is 13.8 Å². The molecule has 0 aliphatic heterocycles. The van der Waals surface area contributed by atoms with Crippen molar-refractivity contribution in [1.82, 2.24) is 9.97 Å². The lowest BCUT2D eigenvalue weighted by Gasteiger charge is -2.14. The molecule has 0 saturated heterocycles. The predicted molar refractivity (Wildman–Crippen MR) is 96.5 cm³/mol. The summed E-state index contributed by atoms with van der Waals surface area (Å²) in [4.78, 5) is 21.1. The number of carbonyl (C=O) groups is 1. The average Bonchev–Trinajstić information content (AvgIpc) is 2.62. The third kappa shape index (κ3) is 3.52. The number of aryl methyl sites for hydroxylation is 1. The molecule has 25 heavy (non-hydrogen) atoms. The molecular formula is C19H19N3O3. The highest BCUT2D eigenvalue weighted by atomic mass is 16.5. The molecule has 0 unspecified atom stereocenters. The third-order valence-electron chi connectivity index (χ3n) is 3.72. The van der Waals surface area contributed by atoms with E-state index in [2.05, 4.69) is 15.3 Å². The van der Waals surface area contributed by atoms with Crippen LogP contribution >= 0.6 is 0 Å². The maximum atomic E-state index is 12.3. The highest BCUT2D eigenvalue weighted by molar-refractivity contribution is 6.05. The minimum atomic E-state index is -0.423. The van der Waals surface area contributed by atoms with E-state index >= 15 is 0 Å². The van der Waals surface area contributed by atoms with Crippen LogP contribution in [0.4, 0.5) is 11.4 Å². The van der Waals surface area contributed by atoms with Gasteiger partial charge < -0.3 is 14.8 Å². The molecule has 0 aliphatic rings. The maximum Gasteiger partial charge on any atom is 0.341 e. The lowest BCUT2D eigenvalue weighted by Crippen LogP contribution is -2.09. The molecule has 0 atom stereocenters. The monoisotopic (exact) mass is 337 g/mol. The molecule has 6 nitrogen and oxygen atoms in total. The normalized spacial score (nSPS) is 10.5. The van der Waals surface area contributed by atoms with Crippen molar-refractivity contribution in [1.29, 1.82) is 0 Å². The van der Waals surface area contributed by atoms with Crippen molar-refractivity contribution >= 4 is 28.4 Å². The first-order valence-corrected chi connectivity index (χ1v) is 7.97. The van der Waals surface area contributed by atoms with Gasteiger partial charge in [0.1, 0.15) is 11.3 Å². The lowest BCUT2D eigenvalue weighted by molar-refractivity contribution is 0.0527. The van der Waals surface area contributed by atoms with Gasteiger partial charge in [-0.05, 0) is 50.2 Å². The maximum absolute atomic E-state index is 12.3. The van der Waals surface area contributed by atoms with Crippen LogP contribution in [0.1, 0.15) is 23.0 Å². The fourth-order valence-corrected chi connectivity index (χ4v) is 2.49. The van der Waals surface area contributed by atoms with Crippen molar-refractivity contribution in [3.8, 4) is 5.75 Å². The standard InChI is InChI=1S/C19H19N3O3/c1-4-25-19(23)16-11-20-18-15(10-5-12(2)21-18)17(16)22-13-6-8-14(24-3)9-7-13/h5-11H,4H2,1-3H3,(H,20,21,22). The number of anilines is 2. The van der Waals surface area contributed by atoms with Crippen molar-refractivity contribution in [3.05, 3.63) is 53.9 Å². The Morgan fingerprint density at radius 1 is 1.16 bits per heavy atom. The van der Waals surface area contributed by atoms with Gasteiger partial charge in [0.15, 0.2) is 5.65 Å². The van der Waals surface area contributed by atoms with Gasteiger partial charge >= 0.3 is 5.97 Å². The number of hydrogen-bond acceptors (Lipinski definition) is 6. The number of carbonyl (C=O) groups excluding carboxylic acids is 1. The number of esters is 1. The number of methoxy groups -OCH3 is 1. The van der Waals surface area contributed by atoms with Crippen molar-refractivity contribution in [2.75, 3.05) is 19.0 Å². The number of pyridine rings is 2. The highest BCUT2D eigenvalue weighted by Gasteiger charge is 2.17. The van der Waals surface area contributed by atoms with Gasteiger partial charge in [0.05, 0.1) is 19.4 Å². The quantitative estimate of drug-likeness (QED) is 0.713. The minimum Gasteiger partial charge on any atom is -0.497 e. The Bertz CT molecular complexity index is 908. The van der Waals surface area contributed by atoms with Gasteiger partial charge in [0.2, 0.25) is 0 Å². The Labute approximate surface area is 145 Å². The Morgan fingerprint density at radius 2 is 1.92 bits per heavy atom. The van der Waals surface area contributed by atoms with Gasteiger partial charge in [0.25, 0.3) is 0 Å². The summed E-state index contributed by atoms with van der Waals surface area (Å²) in [6, 6.07) is 11.2.